The maximum atomic E-state index is 12.2. The number of hydrogen-bond donors (Lipinski definition) is 1. The standard InChI is InChI=1S/C16H20N2O3S/c1-12-8-13(2)18-16(17-12)22(20)11-15(19)10-21-9-14-6-4-3-5-7-14/h3-8,15,19H,9-11H2,1-2H3/t15-,22+/m1/s1. The van der Waals surface area contributed by atoms with E-state index in [0.29, 0.717) is 6.61 Å². The monoisotopic (exact) mass is 320 g/mol. The molecule has 2 rings (SSSR count). The number of aryl methyl sites for hydroxylation is 2. The molecular formula is C16H20N2O3S. The quantitative estimate of drug-likeness (QED) is 0.787. The average Bonchev–Trinajstić information content (AvgIpc) is 2.47. The lowest BCUT2D eigenvalue weighted by molar-refractivity contribution is 0.0394. The smallest absolute Gasteiger partial charge is 0.219 e. The van der Waals surface area contributed by atoms with Crippen molar-refractivity contribution in [1.29, 1.82) is 0 Å². The van der Waals surface area contributed by atoms with Crippen LogP contribution in [0.5, 0.6) is 0 Å². The summed E-state index contributed by atoms with van der Waals surface area (Å²) >= 11 is 0. The number of benzene rings is 1. The molecule has 0 saturated heterocycles. The van der Waals surface area contributed by atoms with Crippen LogP contribution in [0, 0.1) is 13.8 Å². The Labute approximate surface area is 132 Å². The third-order valence-electron chi connectivity index (χ3n) is 2.93. The van der Waals surface area contributed by atoms with Gasteiger partial charge in [-0.25, -0.2) is 9.97 Å². The molecule has 0 bridgehead atoms. The molecule has 0 amide bonds. The van der Waals surface area contributed by atoms with Crippen molar-refractivity contribution in [2.45, 2.75) is 31.7 Å². The summed E-state index contributed by atoms with van der Waals surface area (Å²) in [6, 6.07) is 11.5. The van der Waals surface area contributed by atoms with Gasteiger partial charge in [-0.15, -0.1) is 0 Å². The summed E-state index contributed by atoms with van der Waals surface area (Å²) in [6.07, 6.45) is -0.811. The zero-order valence-corrected chi connectivity index (χ0v) is 13.5. The summed E-state index contributed by atoms with van der Waals surface area (Å²) in [6.45, 7) is 4.21. The first-order valence-electron chi connectivity index (χ1n) is 7.05. The Morgan fingerprint density at radius 1 is 1.18 bits per heavy atom. The molecule has 0 fully saturated rings. The van der Waals surface area contributed by atoms with E-state index >= 15 is 0 Å². The largest absolute Gasteiger partial charge is 0.390 e. The van der Waals surface area contributed by atoms with Crippen LogP contribution in [0.4, 0.5) is 0 Å². The second-order valence-corrected chi connectivity index (χ2v) is 6.49. The molecule has 0 aliphatic carbocycles. The van der Waals surface area contributed by atoms with Crippen molar-refractivity contribution in [3.63, 3.8) is 0 Å². The van der Waals surface area contributed by atoms with Gasteiger partial charge in [-0.1, -0.05) is 30.3 Å². The Kier molecular flexibility index (Phi) is 6.18. The second kappa shape index (κ2) is 8.12. The van der Waals surface area contributed by atoms with Crippen LogP contribution in [0.15, 0.2) is 41.6 Å². The number of rotatable bonds is 7. The molecule has 2 aromatic rings. The van der Waals surface area contributed by atoms with Gasteiger partial charge in [-0.2, -0.15) is 0 Å². The van der Waals surface area contributed by atoms with E-state index in [0.717, 1.165) is 17.0 Å². The number of aliphatic hydroxyl groups is 1. The zero-order chi connectivity index (χ0) is 15.9. The second-order valence-electron chi connectivity index (χ2n) is 5.10. The van der Waals surface area contributed by atoms with Gasteiger partial charge in [0.2, 0.25) is 5.16 Å². The summed E-state index contributed by atoms with van der Waals surface area (Å²) in [5, 5.41) is 10.2. The normalized spacial score (nSPS) is 13.8. The minimum Gasteiger partial charge on any atom is -0.390 e. The lowest BCUT2D eigenvalue weighted by Crippen LogP contribution is -2.23. The molecule has 118 valence electrons. The number of nitrogens with zero attached hydrogens (tertiary/aromatic N) is 2. The van der Waals surface area contributed by atoms with Crippen molar-refractivity contribution in [2.75, 3.05) is 12.4 Å². The van der Waals surface area contributed by atoms with Crippen LogP contribution in [-0.4, -0.2) is 37.7 Å². The summed E-state index contributed by atoms with van der Waals surface area (Å²) in [4.78, 5) is 8.30. The first-order valence-corrected chi connectivity index (χ1v) is 8.37. The highest BCUT2D eigenvalue weighted by atomic mass is 32.2. The lowest BCUT2D eigenvalue weighted by atomic mass is 10.2. The molecule has 5 nitrogen and oxygen atoms in total. The molecule has 6 heteroatoms. The highest BCUT2D eigenvalue weighted by Gasteiger charge is 2.15. The maximum absolute atomic E-state index is 12.2. The van der Waals surface area contributed by atoms with Gasteiger partial charge in [0.25, 0.3) is 0 Å². The Balaban J connectivity index is 1.81. The Hall–Kier alpha value is -1.63. The molecule has 1 N–H and O–H groups in total. The summed E-state index contributed by atoms with van der Waals surface area (Å²) in [7, 11) is -1.43. The van der Waals surface area contributed by atoms with Crippen LogP contribution in [-0.2, 0) is 22.1 Å². The van der Waals surface area contributed by atoms with E-state index in [1.807, 2.05) is 50.2 Å². The molecule has 1 aromatic carbocycles. The van der Waals surface area contributed by atoms with Crippen LogP contribution in [0.1, 0.15) is 17.0 Å². The third-order valence-corrected chi connectivity index (χ3v) is 4.21. The van der Waals surface area contributed by atoms with Gasteiger partial charge in [0.05, 0.1) is 35.9 Å². The molecule has 0 aliphatic heterocycles. The Morgan fingerprint density at radius 3 is 2.45 bits per heavy atom. The van der Waals surface area contributed by atoms with Gasteiger partial charge in [0, 0.05) is 11.4 Å². The van der Waals surface area contributed by atoms with Gasteiger partial charge in [-0.3, -0.25) is 4.21 Å². The summed E-state index contributed by atoms with van der Waals surface area (Å²) < 4.78 is 17.6. The number of aliphatic hydroxyl groups excluding tert-OH is 1. The van der Waals surface area contributed by atoms with Crippen molar-refractivity contribution < 1.29 is 14.1 Å². The summed E-state index contributed by atoms with van der Waals surface area (Å²) in [5.41, 5.74) is 2.57. The molecule has 0 unspecified atom stereocenters. The Morgan fingerprint density at radius 2 is 1.82 bits per heavy atom. The minimum absolute atomic E-state index is 0.0671. The fraction of sp³-hybridized carbons (Fsp3) is 0.375. The minimum atomic E-state index is -1.43. The van der Waals surface area contributed by atoms with E-state index in [2.05, 4.69) is 9.97 Å². The molecule has 22 heavy (non-hydrogen) atoms. The van der Waals surface area contributed by atoms with E-state index in [4.69, 9.17) is 4.74 Å². The van der Waals surface area contributed by atoms with Crippen LogP contribution < -0.4 is 0 Å². The molecular weight excluding hydrogens is 300 g/mol. The van der Waals surface area contributed by atoms with Gasteiger partial charge in [0.15, 0.2) is 0 Å². The van der Waals surface area contributed by atoms with Crippen molar-refractivity contribution >= 4 is 10.8 Å². The lowest BCUT2D eigenvalue weighted by Gasteiger charge is -2.11. The fourth-order valence-electron chi connectivity index (χ4n) is 1.98. The predicted molar refractivity (Wildman–Crippen MR) is 84.9 cm³/mol. The van der Waals surface area contributed by atoms with Crippen molar-refractivity contribution in [1.82, 2.24) is 9.97 Å². The Bertz CT molecular complexity index is 614. The van der Waals surface area contributed by atoms with Gasteiger partial charge in [0.1, 0.15) is 0 Å². The highest BCUT2D eigenvalue weighted by molar-refractivity contribution is 7.84. The van der Waals surface area contributed by atoms with E-state index < -0.39 is 16.9 Å². The number of hydrogen-bond acceptors (Lipinski definition) is 5. The average molecular weight is 320 g/mol. The zero-order valence-electron chi connectivity index (χ0n) is 12.7. The third kappa shape index (κ3) is 5.29. The summed E-state index contributed by atoms with van der Waals surface area (Å²) in [5.74, 6) is 0.0671. The van der Waals surface area contributed by atoms with Crippen molar-refractivity contribution in [3.05, 3.63) is 53.3 Å². The molecule has 0 spiro atoms. The number of ether oxygens (including phenoxy) is 1. The van der Waals surface area contributed by atoms with E-state index in [1.54, 1.807) is 0 Å². The molecule has 0 radical (unpaired) electrons. The van der Waals surface area contributed by atoms with Crippen molar-refractivity contribution in [2.24, 2.45) is 0 Å². The van der Waals surface area contributed by atoms with Crippen molar-refractivity contribution in [3.8, 4) is 0 Å². The van der Waals surface area contributed by atoms with E-state index in [1.165, 1.54) is 0 Å². The first kappa shape index (κ1) is 16.7. The predicted octanol–water partition coefficient (Wildman–Crippen LogP) is 1.78. The molecule has 1 heterocycles. The molecule has 0 aliphatic rings. The van der Waals surface area contributed by atoms with Crippen LogP contribution in [0.2, 0.25) is 0 Å². The topological polar surface area (TPSA) is 72.3 Å². The number of aromatic nitrogens is 2. The molecule has 2 atom stereocenters. The maximum Gasteiger partial charge on any atom is 0.219 e. The molecule has 0 saturated carbocycles. The highest BCUT2D eigenvalue weighted by Crippen LogP contribution is 2.06. The van der Waals surface area contributed by atoms with Crippen LogP contribution in [0.3, 0.4) is 0 Å². The van der Waals surface area contributed by atoms with Gasteiger partial charge < -0.3 is 9.84 Å². The SMILES string of the molecule is Cc1cc(C)nc([S@@](=O)C[C@H](O)COCc2ccccc2)n1. The first-order chi connectivity index (χ1) is 10.5. The van der Waals surface area contributed by atoms with Gasteiger partial charge >= 0.3 is 0 Å². The van der Waals surface area contributed by atoms with Gasteiger partial charge in [-0.05, 0) is 25.5 Å². The van der Waals surface area contributed by atoms with Crippen LogP contribution >= 0.6 is 0 Å². The van der Waals surface area contributed by atoms with E-state index in [-0.39, 0.29) is 17.5 Å². The fourth-order valence-corrected chi connectivity index (χ4v) is 3.07. The molecule has 1 aromatic heterocycles. The van der Waals surface area contributed by atoms with Crippen LogP contribution in [0.25, 0.3) is 0 Å². The van der Waals surface area contributed by atoms with E-state index in [9.17, 15) is 9.32 Å².